The SMILES string of the molecule is O=C(Nc1ccc(N2CCS(=O)(=O)CC2)cc1O)c1cccc(-c2cc[nH]n2)n1. The van der Waals surface area contributed by atoms with Crippen LogP contribution in [0.25, 0.3) is 11.4 Å². The summed E-state index contributed by atoms with van der Waals surface area (Å²) in [6.07, 6.45) is 1.67. The van der Waals surface area contributed by atoms with E-state index < -0.39 is 15.7 Å². The van der Waals surface area contributed by atoms with Crippen molar-refractivity contribution >= 4 is 27.1 Å². The fraction of sp³-hybridized carbons (Fsp3) is 0.211. The van der Waals surface area contributed by atoms with Crippen LogP contribution in [-0.2, 0) is 9.84 Å². The van der Waals surface area contributed by atoms with Gasteiger partial charge in [0.15, 0.2) is 9.84 Å². The van der Waals surface area contributed by atoms with E-state index in [1.165, 1.54) is 6.07 Å². The zero-order valence-corrected chi connectivity index (χ0v) is 16.2. The highest BCUT2D eigenvalue weighted by molar-refractivity contribution is 7.91. The maximum absolute atomic E-state index is 12.6. The molecule has 0 saturated carbocycles. The summed E-state index contributed by atoms with van der Waals surface area (Å²) in [5, 5.41) is 19.7. The molecule has 2 aromatic heterocycles. The molecule has 1 aromatic carbocycles. The van der Waals surface area contributed by atoms with Crippen LogP contribution in [0, 0.1) is 0 Å². The number of pyridine rings is 1. The number of anilines is 2. The fourth-order valence-corrected chi connectivity index (χ4v) is 4.29. The first kappa shape index (κ1) is 18.9. The standard InChI is InChI=1S/C19H19N5O4S/c25-18-12-13(24-8-10-29(27,28)11-9-24)4-5-16(18)22-19(26)17-3-1-2-14(21-17)15-6-7-20-23-15/h1-7,12,25H,8-11H2,(H,20,23)(H,22,26). The van der Waals surface area contributed by atoms with Crippen LogP contribution >= 0.6 is 0 Å². The summed E-state index contributed by atoms with van der Waals surface area (Å²) < 4.78 is 23.1. The molecule has 29 heavy (non-hydrogen) atoms. The van der Waals surface area contributed by atoms with Gasteiger partial charge in [-0.3, -0.25) is 9.89 Å². The number of H-pyrrole nitrogens is 1. The predicted molar refractivity (Wildman–Crippen MR) is 109 cm³/mol. The second-order valence-electron chi connectivity index (χ2n) is 6.66. The number of nitrogens with zero attached hydrogens (tertiary/aromatic N) is 3. The first-order valence-electron chi connectivity index (χ1n) is 8.98. The summed E-state index contributed by atoms with van der Waals surface area (Å²) >= 11 is 0. The third kappa shape index (κ3) is 4.21. The zero-order chi connectivity index (χ0) is 20.4. The fourth-order valence-electron chi connectivity index (χ4n) is 3.09. The number of sulfone groups is 1. The highest BCUT2D eigenvalue weighted by atomic mass is 32.2. The summed E-state index contributed by atoms with van der Waals surface area (Å²) in [5.41, 5.74) is 2.31. The first-order chi connectivity index (χ1) is 13.9. The lowest BCUT2D eigenvalue weighted by molar-refractivity contribution is 0.102. The minimum atomic E-state index is -2.98. The van der Waals surface area contributed by atoms with Crippen LogP contribution in [0.3, 0.4) is 0 Å². The van der Waals surface area contributed by atoms with E-state index in [0.29, 0.717) is 30.2 Å². The number of nitrogens with one attached hydrogen (secondary N) is 2. The van der Waals surface area contributed by atoms with Gasteiger partial charge in [-0.15, -0.1) is 0 Å². The number of hydrogen-bond donors (Lipinski definition) is 3. The first-order valence-corrected chi connectivity index (χ1v) is 10.8. The van der Waals surface area contributed by atoms with Crippen molar-refractivity contribution in [3.8, 4) is 17.1 Å². The van der Waals surface area contributed by atoms with Gasteiger partial charge in [0.05, 0.1) is 22.9 Å². The zero-order valence-electron chi connectivity index (χ0n) is 15.4. The van der Waals surface area contributed by atoms with Crippen molar-refractivity contribution in [3.63, 3.8) is 0 Å². The minimum absolute atomic E-state index is 0.0876. The maximum Gasteiger partial charge on any atom is 0.274 e. The van der Waals surface area contributed by atoms with E-state index in [1.807, 2.05) is 4.90 Å². The van der Waals surface area contributed by atoms with Gasteiger partial charge in [-0.05, 0) is 30.3 Å². The molecule has 0 unspecified atom stereocenters. The third-order valence-electron chi connectivity index (χ3n) is 4.68. The number of amides is 1. The second-order valence-corrected chi connectivity index (χ2v) is 8.97. The highest BCUT2D eigenvalue weighted by Gasteiger charge is 2.22. The molecule has 1 saturated heterocycles. The van der Waals surface area contributed by atoms with E-state index in [-0.39, 0.29) is 28.6 Å². The molecule has 1 aliphatic rings. The Bertz CT molecular complexity index is 1130. The summed E-state index contributed by atoms with van der Waals surface area (Å²) in [5.74, 6) is -0.392. The Labute approximate surface area is 167 Å². The smallest absolute Gasteiger partial charge is 0.274 e. The Kier molecular flexibility index (Phi) is 4.93. The van der Waals surface area contributed by atoms with Crippen LogP contribution in [0.4, 0.5) is 11.4 Å². The number of phenols is 1. The lowest BCUT2D eigenvalue weighted by atomic mass is 10.2. The monoisotopic (exact) mass is 413 g/mol. The van der Waals surface area contributed by atoms with Crippen LogP contribution < -0.4 is 10.2 Å². The predicted octanol–water partition coefficient (Wildman–Crippen LogP) is 1.66. The van der Waals surface area contributed by atoms with Gasteiger partial charge in [0.2, 0.25) is 0 Å². The molecule has 0 spiro atoms. The van der Waals surface area contributed by atoms with E-state index in [4.69, 9.17) is 0 Å². The van der Waals surface area contributed by atoms with Crippen molar-refractivity contribution in [1.82, 2.24) is 15.2 Å². The normalized spacial score (nSPS) is 15.8. The number of carbonyl (C=O) groups is 1. The number of phenolic OH excluding ortho intramolecular Hbond substituents is 1. The molecule has 0 bridgehead atoms. The molecular weight excluding hydrogens is 394 g/mol. The number of rotatable bonds is 4. The number of benzene rings is 1. The molecule has 10 heteroatoms. The van der Waals surface area contributed by atoms with E-state index in [9.17, 15) is 18.3 Å². The molecule has 3 aromatic rings. The second kappa shape index (κ2) is 7.55. The van der Waals surface area contributed by atoms with E-state index in [1.54, 1.807) is 42.6 Å². The maximum atomic E-state index is 12.6. The summed E-state index contributed by atoms with van der Waals surface area (Å²) in [6, 6.07) is 11.6. The minimum Gasteiger partial charge on any atom is -0.506 e. The lowest BCUT2D eigenvalue weighted by Crippen LogP contribution is -2.40. The van der Waals surface area contributed by atoms with Crippen LogP contribution in [0.5, 0.6) is 5.75 Å². The summed E-state index contributed by atoms with van der Waals surface area (Å²) in [6.45, 7) is 0.745. The molecule has 9 nitrogen and oxygen atoms in total. The molecule has 1 amide bonds. The van der Waals surface area contributed by atoms with Crippen molar-refractivity contribution in [3.05, 3.63) is 54.4 Å². The average Bonchev–Trinajstić information content (AvgIpc) is 3.24. The number of aromatic amines is 1. The van der Waals surface area contributed by atoms with Gasteiger partial charge in [0.25, 0.3) is 5.91 Å². The summed E-state index contributed by atoms with van der Waals surface area (Å²) in [7, 11) is -2.98. The average molecular weight is 413 g/mol. The van der Waals surface area contributed by atoms with Gasteiger partial charge in [-0.1, -0.05) is 6.07 Å². The highest BCUT2D eigenvalue weighted by Crippen LogP contribution is 2.30. The Balaban J connectivity index is 1.48. The number of aromatic hydroxyl groups is 1. The van der Waals surface area contributed by atoms with Crippen molar-refractivity contribution in [2.75, 3.05) is 34.8 Å². The van der Waals surface area contributed by atoms with Crippen LogP contribution in [0.2, 0.25) is 0 Å². The van der Waals surface area contributed by atoms with Crippen LogP contribution in [0.15, 0.2) is 48.7 Å². The van der Waals surface area contributed by atoms with Gasteiger partial charge < -0.3 is 15.3 Å². The van der Waals surface area contributed by atoms with Crippen LogP contribution in [-0.4, -0.2) is 59.2 Å². The molecule has 150 valence electrons. The van der Waals surface area contributed by atoms with Gasteiger partial charge >= 0.3 is 0 Å². The van der Waals surface area contributed by atoms with Crippen molar-refractivity contribution < 1.29 is 18.3 Å². The molecule has 3 heterocycles. The quantitative estimate of drug-likeness (QED) is 0.555. The van der Waals surface area contributed by atoms with Gasteiger partial charge in [0.1, 0.15) is 17.1 Å². The number of carbonyl (C=O) groups excluding carboxylic acids is 1. The molecule has 4 rings (SSSR count). The molecule has 1 aliphatic heterocycles. The Morgan fingerprint density at radius 2 is 1.90 bits per heavy atom. The Hall–Kier alpha value is -3.40. The topological polar surface area (TPSA) is 128 Å². The van der Waals surface area contributed by atoms with Crippen molar-refractivity contribution in [2.24, 2.45) is 0 Å². The molecule has 1 fully saturated rings. The van der Waals surface area contributed by atoms with E-state index >= 15 is 0 Å². The molecular formula is C19H19N5O4S. The van der Waals surface area contributed by atoms with E-state index in [0.717, 1.165) is 0 Å². The van der Waals surface area contributed by atoms with Gasteiger partial charge in [-0.2, -0.15) is 5.10 Å². The molecule has 0 aliphatic carbocycles. The van der Waals surface area contributed by atoms with E-state index in [2.05, 4.69) is 20.5 Å². The lowest BCUT2D eigenvalue weighted by Gasteiger charge is -2.29. The third-order valence-corrected chi connectivity index (χ3v) is 6.29. The van der Waals surface area contributed by atoms with Gasteiger partial charge in [0, 0.05) is 31.0 Å². The van der Waals surface area contributed by atoms with Crippen LogP contribution in [0.1, 0.15) is 10.5 Å². The number of aromatic nitrogens is 3. The summed E-state index contributed by atoms with van der Waals surface area (Å²) in [4.78, 5) is 18.8. The van der Waals surface area contributed by atoms with Crippen molar-refractivity contribution in [1.29, 1.82) is 0 Å². The Morgan fingerprint density at radius 1 is 1.10 bits per heavy atom. The van der Waals surface area contributed by atoms with Gasteiger partial charge in [-0.25, -0.2) is 13.4 Å². The molecule has 3 N–H and O–H groups in total. The molecule has 0 radical (unpaired) electrons. The van der Waals surface area contributed by atoms with Crippen molar-refractivity contribution in [2.45, 2.75) is 0 Å². The molecule has 0 atom stereocenters. The number of hydrogen-bond acceptors (Lipinski definition) is 7. The largest absolute Gasteiger partial charge is 0.506 e. The Morgan fingerprint density at radius 3 is 2.59 bits per heavy atom.